The molecule has 0 saturated carbocycles. The highest BCUT2D eigenvalue weighted by Crippen LogP contribution is 2.28. The van der Waals surface area contributed by atoms with Gasteiger partial charge in [-0.25, -0.2) is 8.42 Å². The number of carboxylic acids is 1. The molecule has 2 rings (SSSR count). The largest absolute Gasteiger partial charge is 0.481 e. The Morgan fingerprint density at radius 1 is 1.36 bits per heavy atom. The zero-order chi connectivity index (χ0) is 16.2. The maximum atomic E-state index is 12.5. The van der Waals surface area contributed by atoms with Crippen molar-refractivity contribution in [1.29, 1.82) is 0 Å². The molecule has 1 aliphatic heterocycles. The number of hydrogen-bond acceptors (Lipinski definition) is 3. The summed E-state index contributed by atoms with van der Waals surface area (Å²) >= 11 is 0. The molecule has 2 atom stereocenters. The average molecular weight is 323 g/mol. The number of rotatable bonds is 5. The lowest BCUT2D eigenvalue weighted by atomic mass is 9.91. The van der Waals surface area contributed by atoms with Crippen molar-refractivity contribution in [3.8, 4) is 0 Å². The quantitative estimate of drug-likeness (QED) is 0.903. The van der Waals surface area contributed by atoms with Gasteiger partial charge in [0.05, 0.1) is 5.92 Å². The van der Waals surface area contributed by atoms with Crippen LogP contribution >= 0.6 is 0 Å². The third-order valence-corrected chi connectivity index (χ3v) is 5.66. The van der Waals surface area contributed by atoms with Gasteiger partial charge in [0.25, 0.3) is 0 Å². The molecule has 2 unspecified atom stereocenters. The molecule has 120 valence electrons. The van der Waals surface area contributed by atoms with Crippen molar-refractivity contribution >= 4 is 22.1 Å². The lowest BCUT2D eigenvalue weighted by Gasteiger charge is -2.36. The molecule has 0 spiro atoms. The molecular formula is C16H21NO4S. The van der Waals surface area contributed by atoms with E-state index in [1.54, 1.807) is 6.08 Å². The molecule has 1 aromatic rings. The van der Waals surface area contributed by atoms with E-state index in [0.717, 1.165) is 5.56 Å². The van der Waals surface area contributed by atoms with Gasteiger partial charge in [-0.15, -0.1) is 0 Å². The zero-order valence-corrected chi connectivity index (χ0v) is 13.4. The minimum absolute atomic E-state index is 0.250. The molecule has 1 aliphatic rings. The number of hydrogen-bond donors (Lipinski definition) is 1. The highest BCUT2D eigenvalue weighted by atomic mass is 32.2. The minimum Gasteiger partial charge on any atom is -0.481 e. The Bertz CT molecular complexity index is 639. The van der Waals surface area contributed by atoms with E-state index in [9.17, 15) is 13.2 Å². The first-order chi connectivity index (χ1) is 10.4. The lowest BCUT2D eigenvalue weighted by Crippen LogP contribution is -2.46. The second-order valence-corrected chi connectivity index (χ2v) is 7.26. The van der Waals surface area contributed by atoms with Crippen LogP contribution in [-0.2, 0) is 14.8 Å². The summed E-state index contributed by atoms with van der Waals surface area (Å²) in [4.78, 5) is 11.1. The van der Waals surface area contributed by atoms with Crippen LogP contribution in [0.5, 0.6) is 0 Å². The minimum atomic E-state index is -3.53. The Kier molecular flexibility index (Phi) is 5.37. The van der Waals surface area contributed by atoms with Crippen molar-refractivity contribution in [2.24, 2.45) is 5.92 Å². The van der Waals surface area contributed by atoms with Gasteiger partial charge < -0.3 is 5.11 Å². The maximum absolute atomic E-state index is 12.5. The Labute approximate surface area is 131 Å². The predicted molar refractivity (Wildman–Crippen MR) is 85.5 cm³/mol. The molecule has 0 aliphatic carbocycles. The SMILES string of the molecule is CCC1CC(C(=O)O)CCN1S(=O)(=O)C=Cc1ccccc1. The number of carboxylic acid groups (broad SMARTS) is 1. The number of sulfonamides is 1. The van der Waals surface area contributed by atoms with E-state index in [1.807, 2.05) is 37.3 Å². The first kappa shape index (κ1) is 16.7. The van der Waals surface area contributed by atoms with E-state index in [2.05, 4.69) is 0 Å². The molecule has 0 aromatic heterocycles. The predicted octanol–water partition coefficient (Wildman–Crippen LogP) is 2.56. The average Bonchev–Trinajstić information content (AvgIpc) is 2.53. The number of piperidine rings is 1. The van der Waals surface area contributed by atoms with Gasteiger partial charge in [-0.1, -0.05) is 37.3 Å². The standard InChI is InChI=1S/C16H21NO4S/c1-2-15-12-14(16(18)19)8-10-17(15)22(20,21)11-9-13-6-4-3-5-7-13/h3-7,9,11,14-15H,2,8,10,12H2,1H3,(H,18,19). The summed E-state index contributed by atoms with van der Waals surface area (Å²) in [5, 5.41) is 10.3. The molecule has 1 fully saturated rings. The molecule has 1 N–H and O–H groups in total. The van der Waals surface area contributed by atoms with Crippen molar-refractivity contribution in [3.05, 3.63) is 41.3 Å². The van der Waals surface area contributed by atoms with Crippen molar-refractivity contribution in [3.63, 3.8) is 0 Å². The molecule has 0 amide bonds. The van der Waals surface area contributed by atoms with E-state index in [4.69, 9.17) is 5.11 Å². The summed E-state index contributed by atoms with van der Waals surface area (Å²) in [5.74, 6) is -1.29. The first-order valence-corrected chi connectivity index (χ1v) is 8.92. The Morgan fingerprint density at radius 2 is 2.05 bits per heavy atom. The van der Waals surface area contributed by atoms with Gasteiger partial charge in [-0.05, 0) is 30.9 Å². The fourth-order valence-electron chi connectivity index (χ4n) is 2.77. The van der Waals surface area contributed by atoms with Gasteiger partial charge in [0.1, 0.15) is 0 Å². The van der Waals surface area contributed by atoms with E-state index in [1.165, 1.54) is 9.71 Å². The van der Waals surface area contributed by atoms with Gasteiger partial charge in [0, 0.05) is 18.0 Å². The summed E-state index contributed by atoms with van der Waals surface area (Å²) in [6, 6.07) is 8.98. The summed E-state index contributed by atoms with van der Waals surface area (Å²) in [6.07, 6.45) is 2.93. The van der Waals surface area contributed by atoms with Crippen LogP contribution in [0.15, 0.2) is 35.7 Å². The molecule has 6 heteroatoms. The van der Waals surface area contributed by atoms with Gasteiger partial charge in [0.15, 0.2) is 0 Å². The van der Waals surface area contributed by atoms with Crippen LogP contribution in [0.4, 0.5) is 0 Å². The van der Waals surface area contributed by atoms with Crippen LogP contribution in [0.1, 0.15) is 31.7 Å². The third-order valence-electron chi connectivity index (χ3n) is 4.04. The smallest absolute Gasteiger partial charge is 0.306 e. The van der Waals surface area contributed by atoms with Crippen molar-refractivity contribution in [1.82, 2.24) is 4.31 Å². The molecule has 5 nitrogen and oxygen atoms in total. The van der Waals surface area contributed by atoms with Gasteiger partial charge in [-0.3, -0.25) is 4.79 Å². The number of nitrogens with zero attached hydrogens (tertiary/aromatic N) is 1. The van der Waals surface area contributed by atoms with Gasteiger partial charge in [0.2, 0.25) is 10.0 Å². The third kappa shape index (κ3) is 3.96. The normalized spacial score (nSPS) is 23.7. The summed E-state index contributed by atoms with van der Waals surface area (Å²) in [7, 11) is -3.53. The van der Waals surface area contributed by atoms with E-state index in [0.29, 0.717) is 19.3 Å². The zero-order valence-electron chi connectivity index (χ0n) is 12.6. The first-order valence-electron chi connectivity index (χ1n) is 7.42. The Morgan fingerprint density at radius 3 is 2.64 bits per heavy atom. The molecule has 1 saturated heterocycles. The second kappa shape index (κ2) is 7.07. The van der Waals surface area contributed by atoms with Crippen LogP contribution < -0.4 is 0 Å². The monoisotopic (exact) mass is 323 g/mol. The van der Waals surface area contributed by atoms with E-state index >= 15 is 0 Å². The number of benzene rings is 1. The van der Waals surface area contributed by atoms with Crippen molar-refractivity contribution in [2.45, 2.75) is 32.2 Å². The van der Waals surface area contributed by atoms with Crippen LogP contribution in [0.2, 0.25) is 0 Å². The lowest BCUT2D eigenvalue weighted by molar-refractivity contribution is -0.143. The van der Waals surface area contributed by atoms with Gasteiger partial charge in [-0.2, -0.15) is 4.31 Å². The van der Waals surface area contributed by atoms with Gasteiger partial charge >= 0.3 is 5.97 Å². The van der Waals surface area contributed by atoms with Crippen molar-refractivity contribution < 1.29 is 18.3 Å². The molecular weight excluding hydrogens is 302 g/mol. The maximum Gasteiger partial charge on any atom is 0.306 e. The van der Waals surface area contributed by atoms with Crippen LogP contribution in [0.25, 0.3) is 6.08 Å². The molecule has 0 bridgehead atoms. The van der Waals surface area contributed by atoms with E-state index < -0.39 is 21.9 Å². The summed E-state index contributed by atoms with van der Waals surface area (Å²) < 4.78 is 26.4. The number of aliphatic carboxylic acids is 1. The fraction of sp³-hybridized carbons (Fsp3) is 0.438. The Hall–Kier alpha value is -1.66. The van der Waals surface area contributed by atoms with Crippen LogP contribution in [0, 0.1) is 5.92 Å². The summed E-state index contributed by atoms with van der Waals surface area (Å²) in [5.41, 5.74) is 0.819. The Balaban J connectivity index is 2.15. The highest BCUT2D eigenvalue weighted by molar-refractivity contribution is 7.92. The van der Waals surface area contributed by atoms with Crippen LogP contribution in [0.3, 0.4) is 0 Å². The van der Waals surface area contributed by atoms with E-state index in [-0.39, 0.29) is 12.6 Å². The fourth-order valence-corrected chi connectivity index (χ4v) is 4.26. The molecule has 22 heavy (non-hydrogen) atoms. The van der Waals surface area contributed by atoms with Crippen molar-refractivity contribution in [2.75, 3.05) is 6.54 Å². The molecule has 1 heterocycles. The second-order valence-electron chi connectivity index (χ2n) is 5.49. The molecule has 1 aromatic carbocycles. The highest BCUT2D eigenvalue weighted by Gasteiger charge is 2.36. The topological polar surface area (TPSA) is 74.7 Å². The number of carbonyl (C=O) groups is 1. The molecule has 0 radical (unpaired) electrons. The summed E-state index contributed by atoms with van der Waals surface area (Å²) in [6.45, 7) is 2.15. The van der Waals surface area contributed by atoms with Crippen LogP contribution in [-0.4, -0.2) is 36.4 Å².